The first-order chi connectivity index (χ1) is 9.72. The Morgan fingerprint density at radius 1 is 1.05 bits per heavy atom. The van der Waals surface area contributed by atoms with Crippen LogP contribution in [0.1, 0.15) is 26.4 Å². The van der Waals surface area contributed by atoms with Gasteiger partial charge >= 0.3 is 0 Å². The van der Waals surface area contributed by atoms with Gasteiger partial charge in [0.15, 0.2) is 6.29 Å². The van der Waals surface area contributed by atoms with Crippen LogP contribution >= 0.6 is 28.3 Å². The first-order valence-corrected chi connectivity index (χ1v) is 6.87. The quantitative estimate of drug-likeness (QED) is 0.553. The van der Waals surface area contributed by atoms with Gasteiger partial charge in [-0.2, -0.15) is 0 Å². The molecule has 21 heavy (non-hydrogen) atoms. The van der Waals surface area contributed by atoms with Crippen molar-refractivity contribution in [2.45, 2.75) is 0 Å². The Kier molecular flexibility index (Phi) is 4.60. The van der Waals surface area contributed by atoms with Gasteiger partial charge in [0.05, 0.1) is 11.3 Å². The van der Waals surface area contributed by atoms with E-state index in [1.165, 1.54) is 0 Å². The molecule has 0 unspecified atom stereocenters. The molecule has 1 aromatic heterocycles. The van der Waals surface area contributed by atoms with Crippen molar-refractivity contribution in [3.63, 3.8) is 0 Å². The summed E-state index contributed by atoms with van der Waals surface area (Å²) in [4.78, 5) is 26.9. The molecule has 0 fully saturated rings. The van der Waals surface area contributed by atoms with Crippen LogP contribution in [-0.4, -0.2) is 17.1 Å². The van der Waals surface area contributed by atoms with Gasteiger partial charge < -0.3 is 4.98 Å². The van der Waals surface area contributed by atoms with Crippen LogP contribution in [0.4, 0.5) is 0 Å². The first-order valence-electron chi connectivity index (χ1n) is 6.07. The normalized spacial score (nSPS) is 10.1. The summed E-state index contributed by atoms with van der Waals surface area (Å²) >= 11 is 3.42. The molecule has 0 atom stereocenters. The van der Waals surface area contributed by atoms with Crippen molar-refractivity contribution in [2.24, 2.45) is 0 Å². The summed E-state index contributed by atoms with van der Waals surface area (Å²) in [5.41, 5.74) is 2.04. The van der Waals surface area contributed by atoms with E-state index in [1.807, 2.05) is 24.3 Å². The molecule has 1 heterocycles. The third kappa shape index (κ3) is 2.64. The van der Waals surface area contributed by atoms with Crippen LogP contribution in [-0.2, 0) is 0 Å². The molecule has 0 saturated carbocycles. The fourth-order valence-electron chi connectivity index (χ4n) is 2.26. The summed E-state index contributed by atoms with van der Waals surface area (Å²) in [6.07, 6.45) is 0.722. The van der Waals surface area contributed by atoms with Gasteiger partial charge in [-0.05, 0) is 12.1 Å². The van der Waals surface area contributed by atoms with E-state index in [-0.39, 0.29) is 18.2 Å². The number of H-pyrrole nitrogens is 1. The molecule has 0 saturated heterocycles. The highest BCUT2D eigenvalue weighted by Crippen LogP contribution is 2.29. The van der Waals surface area contributed by atoms with Crippen LogP contribution in [0.5, 0.6) is 0 Å². The maximum absolute atomic E-state index is 12.5. The van der Waals surface area contributed by atoms with Crippen molar-refractivity contribution in [1.82, 2.24) is 4.98 Å². The Hall–Kier alpha value is -1.91. The Balaban J connectivity index is 0.00000161. The Labute approximate surface area is 135 Å². The van der Waals surface area contributed by atoms with Gasteiger partial charge in [0.1, 0.15) is 0 Å². The lowest BCUT2D eigenvalue weighted by Gasteiger charge is -1.99. The second-order valence-corrected chi connectivity index (χ2v) is 5.24. The minimum Gasteiger partial charge on any atom is -0.351 e. The first kappa shape index (κ1) is 15.5. The van der Waals surface area contributed by atoms with Crippen molar-refractivity contribution in [1.29, 1.82) is 0 Å². The van der Waals surface area contributed by atoms with E-state index < -0.39 is 0 Å². The lowest BCUT2D eigenvalue weighted by Crippen LogP contribution is -2.04. The standard InChI is InChI=1S/C16H10BrNO2.ClH/c17-12-7-4-8-13-14(12)11(9-19)15(18-13)16(20)10-5-2-1-3-6-10;/h1-9,18H;1H. The average Bonchev–Trinajstić information content (AvgIpc) is 2.87. The molecule has 3 rings (SSSR count). The van der Waals surface area contributed by atoms with E-state index in [0.29, 0.717) is 16.8 Å². The maximum atomic E-state index is 12.5. The number of rotatable bonds is 3. The lowest BCUT2D eigenvalue weighted by molar-refractivity contribution is 0.102. The number of nitrogens with one attached hydrogen (secondary N) is 1. The molecule has 0 aliphatic carbocycles. The molecule has 106 valence electrons. The molecule has 1 N–H and O–H groups in total. The molecule has 2 aromatic carbocycles. The minimum atomic E-state index is -0.184. The minimum absolute atomic E-state index is 0. The fourth-order valence-corrected chi connectivity index (χ4v) is 2.84. The van der Waals surface area contributed by atoms with Crippen LogP contribution < -0.4 is 0 Å². The van der Waals surface area contributed by atoms with Gasteiger partial charge in [-0.3, -0.25) is 9.59 Å². The molecule has 0 aliphatic heterocycles. The van der Waals surface area contributed by atoms with Crippen molar-refractivity contribution in [2.75, 3.05) is 0 Å². The van der Waals surface area contributed by atoms with Crippen molar-refractivity contribution in [3.8, 4) is 0 Å². The number of benzene rings is 2. The van der Waals surface area contributed by atoms with Crippen molar-refractivity contribution < 1.29 is 9.59 Å². The molecule has 3 aromatic rings. The van der Waals surface area contributed by atoms with Crippen LogP contribution in [0.15, 0.2) is 53.0 Å². The highest BCUT2D eigenvalue weighted by Gasteiger charge is 2.19. The Morgan fingerprint density at radius 3 is 2.43 bits per heavy atom. The molecule has 0 spiro atoms. The highest BCUT2D eigenvalue weighted by atomic mass is 79.9. The van der Waals surface area contributed by atoms with Gasteiger partial charge in [0.2, 0.25) is 5.78 Å². The summed E-state index contributed by atoms with van der Waals surface area (Å²) < 4.78 is 0.792. The van der Waals surface area contributed by atoms with Crippen LogP contribution in [0, 0.1) is 0 Å². The number of carbonyl (C=O) groups is 2. The van der Waals surface area contributed by atoms with Crippen molar-refractivity contribution >= 4 is 51.3 Å². The molecule has 3 nitrogen and oxygen atoms in total. The smallest absolute Gasteiger partial charge is 0.209 e. The summed E-state index contributed by atoms with van der Waals surface area (Å²) in [5, 5.41) is 0.738. The third-order valence-corrected chi connectivity index (χ3v) is 3.85. The predicted molar refractivity (Wildman–Crippen MR) is 88.5 cm³/mol. The number of halogens is 2. The number of hydrogen-bond acceptors (Lipinski definition) is 2. The molecular formula is C16H11BrClNO2. The zero-order valence-electron chi connectivity index (χ0n) is 10.8. The van der Waals surface area contributed by atoms with E-state index in [0.717, 1.165) is 21.7 Å². The second-order valence-electron chi connectivity index (χ2n) is 4.39. The molecule has 5 heteroatoms. The highest BCUT2D eigenvalue weighted by molar-refractivity contribution is 9.10. The Bertz CT molecular complexity index is 812. The Morgan fingerprint density at radius 2 is 1.76 bits per heavy atom. The molecule has 0 bridgehead atoms. The topological polar surface area (TPSA) is 49.9 Å². The van der Waals surface area contributed by atoms with Crippen molar-refractivity contribution in [3.05, 3.63) is 69.8 Å². The van der Waals surface area contributed by atoms with Gasteiger partial charge in [0.25, 0.3) is 0 Å². The number of aromatic amines is 1. The van der Waals surface area contributed by atoms with Gasteiger partial charge in [-0.15, -0.1) is 12.4 Å². The van der Waals surface area contributed by atoms with E-state index in [9.17, 15) is 9.59 Å². The monoisotopic (exact) mass is 363 g/mol. The van der Waals surface area contributed by atoms with E-state index in [1.54, 1.807) is 24.3 Å². The van der Waals surface area contributed by atoms with E-state index in [2.05, 4.69) is 20.9 Å². The molecule has 0 radical (unpaired) electrons. The number of fused-ring (bicyclic) bond motifs is 1. The van der Waals surface area contributed by atoms with Gasteiger partial charge in [-0.25, -0.2) is 0 Å². The number of ketones is 1. The van der Waals surface area contributed by atoms with Crippen LogP contribution in [0.3, 0.4) is 0 Å². The zero-order valence-corrected chi connectivity index (χ0v) is 13.2. The lowest BCUT2D eigenvalue weighted by atomic mass is 10.0. The number of aromatic nitrogens is 1. The third-order valence-electron chi connectivity index (χ3n) is 3.19. The van der Waals surface area contributed by atoms with Crippen LogP contribution in [0.25, 0.3) is 10.9 Å². The molecular weight excluding hydrogens is 354 g/mol. The van der Waals surface area contributed by atoms with E-state index >= 15 is 0 Å². The predicted octanol–water partition coefficient (Wildman–Crippen LogP) is 4.40. The zero-order chi connectivity index (χ0) is 14.1. The summed E-state index contributed by atoms with van der Waals surface area (Å²) in [7, 11) is 0. The number of carbonyl (C=O) groups excluding carboxylic acids is 2. The van der Waals surface area contributed by atoms with E-state index in [4.69, 9.17) is 0 Å². The largest absolute Gasteiger partial charge is 0.351 e. The van der Waals surface area contributed by atoms with Gasteiger partial charge in [0, 0.05) is 20.9 Å². The second kappa shape index (κ2) is 6.24. The molecule has 0 amide bonds. The summed E-state index contributed by atoms with van der Waals surface area (Å²) in [6, 6.07) is 14.5. The summed E-state index contributed by atoms with van der Waals surface area (Å²) in [6.45, 7) is 0. The maximum Gasteiger partial charge on any atom is 0.209 e. The molecule has 0 aliphatic rings. The van der Waals surface area contributed by atoms with Crippen LogP contribution in [0.2, 0.25) is 0 Å². The fraction of sp³-hybridized carbons (Fsp3) is 0. The average molecular weight is 365 g/mol. The number of hydrogen-bond donors (Lipinski definition) is 1. The number of aldehydes is 1. The van der Waals surface area contributed by atoms with Gasteiger partial charge in [-0.1, -0.05) is 52.3 Å². The summed E-state index contributed by atoms with van der Waals surface area (Å²) in [5.74, 6) is -0.184. The SMILES string of the molecule is Cl.O=Cc1c(C(=O)c2ccccc2)[nH]c2cccc(Br)c12.